The molecule has 0 radical (unpaired) electrons. The highest BCUT2D eigenvalue weighted by atomic mass is 14.1. The second-order valence-corrected chi connectivity index (χ2v) is 7.66. The summed E-state index contributed by atoms with van der Waals surface area (Å²) >= 11 is 0. The molecule has 0 aliphatic rings. The first-order valence-electron chi connectivity index (χ1n) is 10.1. The fourth-order valence-electron chi connectivity index (χ4n) is 4.36. The van der Waals surface area contributed by atoms with Gasteiger partial charge in [0, 0.05) is 0 Å². The topological polar surface area (TPSA) is 0 Å². The van der Waals surface area contributed by atoms with E-state index in [1.54, 1.807) is 0 Å². The lowest BCUT2D eigenvalue weighted by atomic mass is 9.91. The van der Waals surface area contributed by atoms with Crippen molar-refractivity contribution in [2.24, 2.45) is 0 Å². The number of benzene rings is 5. The van der Waals surface area contributed by atoms with Gasteiger partial charge in [-0.25, -0.2) is 0 Å². The molecular weight excluding hydrogens is 324 g/mol. The minimum absolute atomic E-state index is 1.19. The number of unbranched alkanes of at least 4 members (excludes halogenated alkanes) is 2. The predicted molar refractivity (Wildman–Crippen MR) is 119 cm³/mol. The Balaban J connectivity index is 1.59. The molecule has 0 heterocycles. The van der Waals surface area contributed by atoms with Gasteiger partial charge >= 0.3 is 0 Å². The Labute approximate surface area is 160 Å². The molecule has 0 saturated carbocycles. The minimum atomic E-state index is 1.19. The third-order valence-electron chi connectivity index (χ3n) is 5.82. The first kappa shape index (κ1) is 16.3. The summed E-state index contributed by atoms with van der Waals surface area (Å²) in [5.41, 5.74) is 4.06. The average molecular weight is 348 g/mol. The van der Waals surface area contributed by atoms with Crippen molar-refractivity contribution in [3.05, 3.63) is 84.4 Å². The fraction of sp³-hybridized carbons (Fsp3) is 0.185. The Morgan fingerprint density at radius 3 is 1.78 bits per heavy atom. The standard InChI is InChI=1S/C27H24/c1-2-3-4-6-19-9-11-20(12-10-19)25-17-23-15-13-21-7-5-8-22-14-16-24(18-25)27(23)26(21)22/h5,7-18H,2-4,6H2,1H3. The molecule has 5 aromatic rings. The second-order valence-electron chi connectivity index (χ2n) is 7.66. The summed E-state index contributed by atoms with van der Waals surface area (Å²) in [5.74, 6) is 0. The molecule has 0 aliphatic carbocycles. The van der Waals surface area contributed by atoms with Crippen molar-refractivity contribution in [2.45, 2.75) is 32.6 Å². The van der Waals surface area contributed by atoms with Crippen LogP contribution in [0.3, 0.4) is 0 Å². The van der Waals surface area contributed by atoms with E-state index in [9.17, 15) is 0 Å². The summed E-state index contributed by atoms with van der Waals surface area (Å²) in [6.45, 7) is 2.26. The maximum absolute atomic E-state index is 2.35. The summed E-state index contributed by atoms with van der Waals surface area (Å²) in [7, 11) is 0. The first-order chi connectivity index (χ1) is 13.3. The zero-order valence-electron chi connectivity index (χ0n) is 15.8. The largest absolute Gasteiger partial charge is 0.0654 e. The molecule has 0 heteroatoms. The highest BCUT2D eigenvalue weighted by Crippen LogP contribution is 2.37. The monoisotopic (exact) mass is 348 g/mol. The fourth-order valence-corrected chi connectivity index (χ4v) is 4.36. The molecule has 0 aliphatic heterocycles. The summed E-state index contributed by atoms with van der Waals surface area (Å²) < 4.78 is 0. The van der Waals surface area contributed by atoms with Gasteiger partial charge in [-0.05, 0) is 74.0 Å². The lowest BCUT2D eigenvalue weighted by Gasteiger charge is -2.13. The van der Waals surface area contributed by atoms with E-state index in [0.717, 1.165) is 0 Å². The average Bonchev–Trinajstić information content (AvgIpc) is 2.72. The van der Waals surface area contributed by atoms with Crippen LogP contribution >= 0.6 is 0 Å². The summed E-state index contributed by atoms with van der Waals surface area (Å²) in [5, 5.41) is 8.11. The van der Waals surface area contributed by atoms with E-state index >= 15 is 0 Å². The smallest absolute Gasteiger partial charge is 0.00264 e. The van der Waals surface area contributed by atoms with Crippen LogP contribution in [0.1, 0.15) is 31.7 Å². The molecule has 27 heavy (non-hydrogen) atoms. The van der Waals surface area contributed by atoms with Crippen LogP contribution in [-0.2, 0) is 6.42 Å². The molecule has 0 bridgehead atoms. The lowest BCUT2D eigenvalue weighted by molar-refractivity contribution is 0.717. The van der Waals surface area contributed by atoms with Crippen molar-refractivity contribution in [3.63, 3.8) is 0 Å². The van der Waals surface area contributed by atoms with Gasteiger partial charge < -0.3 is 0 Å². The van der Waals surface area contributed by atoms with E-state index in [-0.39, 0.29) is 0 Å². The van der Waals surface area contributed by atoms with Crippen LogP contribution < -0.4 is 0 Å². The second kappa shape index (κ2) is 6.70. The van der Waals surface area contributed by atoms with Crippen LogP contribution in [0.25, 0.3) is 43.4 Å². The molecule has 0 fully saturated rings. The molecule has 5 rings (SSSR count). The van der Waals surface area contributed by atoms with E-state index in [1.807, 2.05) is 0 Å². The van der Waals surface area contributed by atoms with Gasteiger partial charge in [0.05, 0.1) is 0 Å². The molecule has 0 atom stereocenters. The first-order valence-corrected chi connectivity index (χ1v) is 10.1. The Hall–Kier alpha value is -2.86. The van der Waals surface area contributed by atoms with E-state index in [1.165, 1.54) is 74.7 Å². The van der Waals surface area contributed by atoms with Crippen LogP contribution in [-0.4, -0.2) is 0 Å². The molecular formula is C27H24. The van der Waals surface area contributed by atoms with E-state index in [2.05, 4.69) is 85.8 Å². The zero-order chi connectivity index (χ0) is 18.2. The number of hydrogen-bond acceptors (Lipinski definition) is 0. The van der Waals surface area contributed by atoms with Gasteiger partial charge in [0.25, 0.3) is 0 Å². The number of hydrogen-bond donors (Lipinski definition) is 0. The summed E-state index contributed by atoms with van der Waals surface area (Å²) in [4.78, 5) is 0. The Kier molecular flexibility index (Phi) is 4.05. The maximum Gasteiger partial charge on any atom is -0.00264 e. The van der Waals surface area contributed by atoms with E-state index < -0.39 is 0 Å². The van der Waals surface area contributed by atoms with Crippen LogP contribution in [0, 0.1) is 0 Å². The molecule has 0 nitrogen and oxygen atoms in total. The molecule has 5 aromatic carbocycles. The third kappa shape index (κ3) is 2.86. The minimum Gasteiger partial charge on any atom is -0.0654 e. The number of rotatable bonds is 5. The van der Waals surface area contributed by atoms with Crippen LogP contribution in [0.4, 0.5) is 0 Å². The van der Waals surface area contributed by atoms with Gasteiger partial charge in [0.15, 0.2) is 0 Å². The Bertz CT molecular complexity index is 1150. The molecule has 0 saturated heterocycles. The maximum atomic E-state index is 2.35. The van der Waals surface area contributed by atoms with Crippen LogP contribution in [0.2, 0.25) is 0 Å². The van der Waals surface area contributed by atoms with Gasteiger partial charge in [-0.1, -0.05) is 86.5 Å². The molecule has 0 N–H and O–H groups in total. The van der Waals surface area contributed by atoms with E-state index in [0.29, 0.717) is 0 Å². The normalized spacial score (nSPS) is 11.7. The molecule has 0 unspecified atom stereocenters. The van der Waals surface area contributed by atoms with Gasteiger partial charge in [-0.2, -0.15) is 0 Å². The zero-order valence-corrected chi connectivity index (χ0v) is 15.8. The predicted octanol–water partition coefficient (Wildman–Crippen LogP) is 7.98. The highest BCUT2D eigenvalue weighted by molar-refractivity contribution is 6.23. The Morgan fingerprint density at radius 1 is 0.556 bits per heavy atom. The van der Waals surface area contributed by atoms with Gasteiger partial charge in [0.1, 0.15) is 0 Å². The molecule has 0 aromatic heterocycles. The summed E-state index contributed by atoms with van der Waals surface area (Å²) in [6, 6.07) is 29.5. The van der Waals surface area contributed by atoms with Crippen molar-refractivity contribution in [1.29, 1.82) is 0 Å². The Morgan fingerprint density at radius 2 is 1.15 bits per heavy atom. The van der Waals surface area contributed by atoms with Crippen LogP contribution in [0.5, 0.6) is 0 Å². The van der Waals surface area contributed by atoms with E-state index in [4.69, 9.17) is 0 Å². The SMILES string of the molecule is CCCCCc1ccc(-c2cc3ccc4cccc5ccc(c2)c3c45)cc1. The van der Waals surface area contributed by atoms with Crippen molar-refractivity contribution >= 4 is 32.3 Å². The lowest BCUT2D eigenvalue weighted by Crippen LogP contribution is -1.87. The van der Waals surface area contributed by atoms with Crippen LogP contribution in [0.15, 0.2) is 78.9 Å². The highest BCUT2D eigenvalue weighted by Gasteiger charge is 2.09. The van der Waals surface area contributed by atoms with Crippen molar-refractivity contribution in [1.82, 2.24) is 0 Å². The van der Waals surface area contributed by atoms with Gasteiger partial charge in [-0.15, -0.1) is 0 Å². The number of aryl methyl sites for hydroxylation is 1. The molecule has 0 amide bonds. The van der Waals surface area contributed by atoms with Gasteiger partial charge in [-0.3, -0.25) is 0 Å². The molecule has 132 valence electrons. The summed E-state index contributed by atoms with van der Waals surface area (Å²) in [6.07, 6.45) is 5.07. The molecule has 0 spiro atoms. The van der Waals surface area contributed by atoms with Crippen molar-refractivity contribution < 1.29 is 0 Å². The van der Waals surface area contributed by atoms with Crippen molar-refractivity contribution in [2.75, 3.05) is 0 Å². The van der Waals surface area contributed by atoms with Crippen molar-refractivity contribution in [3.8, 4) is 11.1 Å². The third-order valence-corrected chi connectivity index (χ3v) is 5.82. The quantitative estimate of drug-likeness (QED) is 0.223. The van der Waals surface area contributed by atoms with Gasteiger partial charge in [0.2, 0.25) is 0 Å².